The monoisotopic (exact) mass is 526 g/mol. The number of halogens is 2. The molecule has 14 heteroatoms. The minimum absolute atomic E-state index is 0.00631. The van der Waals surface area contributed by atoms with E-state index in [-0.39, 0.29) is 27.8 Å². The Balaban J connectivity index is 1.46. The third-order valence-electron chi connectivity index (χ3n) is 5.40. The molecule has 0 radical (unpaired) electrons. The minimum atomic E-state index is -0.702. The molecule has 0 fully saturated rings. The smallest absolute Gasteiger partial charge is 0.333 e. The van der Waals surface area contributed by atoms with Gasteiger partial charge in [-0.3, -0.25) is 9.59 Å². The summed E-state index contributed by atoms with van der Waals surface area (Å²) in [4.78, 5) is 42.0. The number of hydrogen-bond donors (Lipinski definition) is 3. The predicted molar refractivity (Wildman–Crippen MR) is 132 cm³/mol. The normalized spacial score (nSPS) is 12.0. The fourth-order valence-electron chi connectivity index (χ4n) is 3.66. The molecule has 1 amide bonds. The Morgan fingerprint density at radius 1 is 1.17 bits per heavy atom. The van der Waals surface area contributed by atoms with Gasteiger partial charge in [-0.1, -0.05) is 11.6 Å². The largest absolute Gasteiger partial charge is 0.386 e. The van der Waals surface area contributed by atoms with Gasteiger partial charge in [-0.25, -0.2) is 18.4 Å². The average molecular weight is 527 g/mol. The van der Waals surface area contributed by atoms with Gasteiger partial charge in [0.2, 0.25) is 0 Å². The molecule has 0 bridgehead atoms. The van der Waals surface area contributed by atoms with Gasteiger partial charge in [0.1, 0.15) is 12.1 Å². The van der Waals surface area contributed by atoms with Crippen LogP contribution < -0.4 is 21.9 Å². The van der Waals surface area contributed by atoms with Crippen LogP contribution in [0.1, 0.15) is 21.4 Å². The van der Waals surface area contributed by atoms with Gasteiger partial charge in [-0.15, -0.1) is 16.4 Å². The maximum atomic E-state index is 14.2. The van der Waals surface area contributed by atoms with Crippen molar-refractivity contribution in [2.45, 2.75) is 6.17 Å². The summed E-state index contributed by atoms with van der Waals surface area (Å²) in [6.45, 7) is 0. The van der Waals surface area contributed by atoms with Crippen LogP contribution in [-0.2, 0) is 0 Å². The number of nitrogens with one attached hydrogen (secondary N) is 3. The van der Waals surface area contributed by atoms with E-state index < -0.39 is 29.1 Å². The number of thiophene rings is 1. The zero-order valence-electron chi connectivity index (χ0n) is 18.4. The minimum Gasteiger partial charge on any atom is -0.386 e. The van der Waals surface area contributed by atoms with E-state index in [0.717, 1.165) is 10.6 Å². The number of H-pyrrole nitrogens is 1. The lowest BCUT2D eigenvalue weighted by Crippen LogP contribution is -2.34. The Morgan fingerprint density at radius 2 is 1.94 bits per heavy atom. The van der Waals surface area contributed by atoms with E-state index in [0.29, 0.717) is 9.21 Å². The van der Waals surface area contributed by atoms with E-state index in [9.17, 15) is 18.8 Å². The Morgan fingerprint density at radius 3 is 2.58 bits per heavy atom. The summed E-state index contributed by atoms with van der Waals surface area (Å²) in [6.07, 6.45) is 0.663. The molecule has 182 valence electrons. The van der Waals surface area contributed by atoms with Crippen LogP contribution in [0.3, 0.4) is 0 Å². The summed E-state index contributed by atoms with van der Waals surface area (Å²) in [7, 11) is 1.53. The highest BCUT2D eigenvalue weighted by atomic mass is 35.5. The maximum absolute atomic E-state index is 14.2. The number of aromatic nitrogens is 6. The lowest BCUT2D eigenvalue weighted by molar-refractivity contribution is 0.0927. The van der Waals surface area contributed by atoms with Crippen LogP contribution in [0, 0.1) is 5.82 Å². The van der Waals surface area contributed by atoms with Crippen LogP contribution in [0.25, 0.3) is 16.6 Å². The molecule has 0 aliphatic heterocycles. The van der Waals surface area contributed by atoms with Gasteiger partial charge in [-0.05, 0) is 59.0 Å². The first-order chi connectivity index (χ1) is 17.4. The molecule has 0 saturated carbocycles. The molecular formula is C22H16ClFN8O3S. The van der Waals surface area contributed by atoms with Crippen molar-refractivity contribution in [3.8, 4) is 5.69 Å². The Bertz CT molecular complexity index is 1700. The molecule has 1 unspecified atom stereocenters. The zero-order chi connectivity index (χ0) is 25.4. The van der Waals surface area contributed by atoms with Gasteiger partial charge in [0.15, 0.2) is 6.17 Å². The van der Waals surface area contributed by atoms with Crippen molar-refractivity contribution in [2.24, 2.45) is 0 Å². The van der Waals surface area contributed by atoms with Gasteiger partial charge in [0, 0.05) is 12.6 Å². The van der Waals surface area contributed by atoms with Gasteiger partial charge in [-0.2, -0.15) is 0 Å². The Kier molecular flexibility index (Phi) is 6.08. The highest BCUT2D eigenvalue weighted by molar-refractivity contribution is 7.16. The van der Waals surface area contributed by atoms with Crippen LogP contribution in [0.4, 0.5) is 10.1 Å². The lowest BCUT2D eigenvalue weighted by Gasteiger charge is -2.17. The van der Waals surface area contributed by atoms with Gasteiger partial charge < -0.3 is 15.6 Å². The molecule has 0 spiro atoms. The van der Waals surface area contributed by atoms with Crippen molar-refractivity contribution < 1.29 is 9.18 Å². The molecule has 11 nitrogen and oxygen atoms in total. The van der Waals surface area contributed by atoms with Crippen molar-refractivity contribution in [1.82, 2.24) is 35.1 Å². The van der Waals surface area contributed by atoms with Crippen LogP contribution in [0.2, 0.25) is 4.34 Å². The van der Waals surface area contributed by atoms with Crippen molar-refractivity contribution in [3.05, 3.63) is 96.3 Å². The first-order valence-electron chi connectivity index (χ1n) is 10.4. The van der Waals surface area contributed by atoms with Crippen LogP contribution in [0.5, 0.6) is 0 Å². The zero-order valence-corrected chi connectivity index (χ0v) is 20.0. The third-order valence-corrected chi connectivity index (χ3v) is 6.69. The number of aromatic amines is 1. The second kappa shape index (κ2) is 9.36. The molecule has 36 heavy (non-hydrogen) atoms. The summed E-state index contributed by atoms with van der Waals surface area (Å²) in [6, 6.07) is 11.7. The third kappa shape index (κ3) is 4.25. The summed E-state index contributed by atoms with van der Waals surface area (Å²) < 4.78 is 17.0. The summed E-state index contributed by atoms with van der Waals surface area (Å²) in [5.74, 6) is -1.08. The SMILES string of the molecule is CNc1cc2[nH]c(=O)n(-c3ccc(C(=O)NC(c4ccc(Cl)s4)n4cnnn4)cc3)c(=O)c2cc1F. The number of carbonyl (C=O) groups is 1. The molecule has 0 aliphatic rings. The number of fused-ring (bicyclic) bond motifs is 1. The number of tetrazole rings is 1. The van der Waals surface area contributed by atoms with E-state index in [1.165, 1.54) is 59.7 Å². The van der Waals surface area contributed by atoms with Crippen molar-refractivity contribution in [3.63, 3.8) is 0 Å². The van der Waals surface area contributed by atoms with Gasteiger partial charge >= 0.3 is 5.69 Å². The Hall–Kier alpha value is -4.36. The fourth-order valence-corrected chi connectivity index (χ4v) is 4.77. The number of anilines is 1. The quantitative estimate of drug-likeness (QED) is 0.309. The number of rotatable bonds is 6. The molecule has 1 atom stereocenters. The average Bonchev–Trinajstić information content (AvgIpc) is 3.55. The van der Waals surface area contributed by atoms with E-state index in [4.69, 9.17) is 11.6 Å². The van der Waals surface area contributed by atoms with Crippen molar-refractivity contribution in [1.29, 1.82) is 0 Å². The highest BCUT2D eigenvalue weighted by Crippen LogP contribution is 2.27. The molecule has 3 aromatic heterocycles. The maximum Gasteiger partial charge on any atom is 0.333 e. The predicted octanol–water partition coefficient (Wildman–Crippen LogP) is 2.54. The van der Waals surface area contributed by atoms with Crippen LogP contribution >= 0.6 is 22.9 Å². The van der Waals surface area contributed by atoms with Gasteiger partial charge in [0.05, 0.1) is 31.5 Å². The molecule has 3 heterocycles. The number of nitrogens with zero attached hydrogens (tertiary/aromatic N) is 5. The van der Waals surface area contributed by atoms with Gasteiger partial charge in [0.25, 0.3) is 11.5 Å². The first kappa shape index (κ1) is 23.4. The van der Waals surface area contributed by atoms with Crippen LogP contribution in [0.15, 0.2) is 64.4 Å². The van der Waals surface area contributed by atoms with Crippen molar-refractivity contribution >= 4 is 45.4 Å². The van der Waals surface area contributed by atoms with E-state index in [2.05, 4.69) is 31.1 Å². The molecule has 3 N–H and O–H groups in total. The van der Waals surface area contributed by atoms with E-state index in [1.807, 2.05) is 0 Å². The Labute approximate surface area is 210 Å². The molecule has 0 aliphatic carbocycles. The highest BCUT2D eigenvalue weighted by Gasteiger charge is 2.21. The summed E-state index contributed by atoms with van der Waals surface area (Å²) >= 11 is 7.31. The van der Waals surface area contributed by atoms with Crippen LogP contribution in [-0.4, -0.2) is 42.7 Å². The molecular weight excluding hydrogens is 511 g/mol. The second-order valence-corrected chi connectivity index (χ2v) is 9.30. The fraction of sp³-hybridized carbons (Fsp3) is 0.0909. The van der Waals surface area contributed by atoms with E-state index in [1.54, 1.807) is 12.1 Å². The molecule has 5 rings (SSSR count). The number of carbonyl (C=O) groups excluding carboxylic acids is 1. The summed E-state index contributed by atoms with van der Waals surface area (Å²) in [5.41, 5.74) is -0.581. The van der Waals surface area contributed by atoms with Crippen molar-refractivity contribution in [2.75, 3.05) is 12.4 Å². The standard InChI is InChI=1S/C22H16ClFN8O3S/c1-25-16-9-15-13(8-14(16)24)21(34)32(22(35)27-15)12-4-2-11(3-5-12)20(33)28-19(31-10-26-29-30-31)17-6-7-18(23)36-17/h2-10,19,25H,1H3,(H,27,35)(H,28,33). The second-order valence-electron chi connectivity index (χ2n) is 7.55. The summed E-state index contributed by atoms with van der Waals surface area (Å²) in [5, 5.41) is 16.6. The topological polar surface area (TPSA) is 140 Å². The number of amides is 1. The number of hydrogen-bond acceptors (Lipinski definition) is 8. The van der Waals surface area contributed by atoms with E-state index >= 15 is 0 Å². The molecule has 5 aromatic rings. The molecule has 2 aromatic carbocycles. The first-order valence-corrected chi connectivity index (χ1v) is 11.6. The lowest BCUT2D eigenvalue weighted by atomic mass is 10.1. The molecule has 0 saturated heterocycles. The number of benzene rings is 2.